The summed E-state index contributed by atoms with van der Waals surface area (Å²) in [6.07, 6.45) is 3.65. The van der Waals surface area contributed by atoms with Gasteiger partial charge in [-0.2, -0.15) is 5.10 Å². The summed E-state index contributed by atoms with van der Waals surface area (Å²) in [5.41, 5.74) is 7.99. The summed E-state index contributed by atoms with van der Waals surface area (Å²) in [4.78, 5) is 26.2. The molecule has 0 aliphatic heterocycles. The minimum atomic E-state index is -0.535. The van der Waals surface area contributed by atoms with Gasteiger partial charge in [0.1, 0.15) is 0 Å². The molecule has 1 heterocycles. The fraction of sp³-hybridized carbons (Fsp3) is 0.389. The normalized spacial score (nSPS) is 10.9. The Morgan fingerprint density at radius 1 is 1.33 bits per heavy atom. The lowest BCUT2D eigenvalue weighted by Crippen LogP contribution is -2.34. The predicted molar refractivity (Wildman–Crippen MR) is 92.5 cm³/mol. The van der Waals surface area contributed by atoms with Crippen molar-refractivity contribution in [3.8, 4) is 0 Å². The molecule has 1 aromatic heterocycles. The number of nitrogens with two attached hydrogens (primary N) is 1. The Labute approximate surface area is 142 Å². The monoisotopic (exact) mass is 328 g/mol. The van der Waals surface area contributed by atoms with E-state index in [1.54, 1.807) is 34.0 Å². The number of nitrogens with zero attached hydrogens (tertiary/aromatic N) is 3. The summed E-state index contributed by atoms with van der Waals surface area (Å²) in [5, 5.41) is 4.15. The van der Waals surface area contributed by atoms with Gasteiger partial charge in [-0.25, -0.2) is 0 Å². The average molecular weight is 328 g/mol. The first-order valence-electron chi connectivity index (χ1n) is 7.95. The van der Waals surface area contributed by atoms with Crippen molar-refractivity contribution in [2.75, 3.05) is 6.54 Å². The van der Waals surface area contributed by atoms with Crippen molar-refractivity contribution in [2.45, 2.75) is 27.3 Å². The Morgan fingerprint density at radius 3 is 2.58 bits per heavy atom. The van der Waals surface area contributed by atoms with Gasteiger partial charge >= 0.3 is 0 Å². The number of benzene rings is 1. The van der Waals surface area contributed by atoms with Gasteiger partial charge in [0.05, 0.1) is 6.20 Å². The van der Waals surface area contributed by atoms with Crippen LogP contribution in [0.5, 0.6) is 0 Å². The zero-order valence-electron chi connectivity index (χ0n) is 14.6. The van der Waals surface area contributed by atoms with Crippen LogP contribution >= 0.6 is 0 Å². The van der Waals surface area contributed by atoms with E-state index in [2.05, 4.69) is 18.9 Å². The first-order valence-corrected chi connectivity index (χ1v) is 7.95. The van der Waals surface area contributed by atoms with Crippen LogP contribution in [0, 0.1) is 12.8 Å². The molecule has 2 N–H and O–H groups in total. The zero-order chi connectivity index (χ0) is 17.9. The number of aromatic nitrogens is 2. The van der Waals surface area contributed by atoms with Crippen molar-refractivity contribution in [3.05, 3.63) is 52.8 Å². The molecule has 2 aromatic rings. The highest BCUT2D eigenvalue weighted by Gasteiger charge is 2.20. The number of carbonyl (C=O) groups excluding carboxylic acids is 2. The van der Waals surface area contributed by atoms with E-state index in [1.807, 2.05) is 20.2 Å². The van der Waals surface area contributed by atoms with Gasteiger partial charge in [0.25, 0.3) is 5.91 Å². The molecule has 128 valence electrons. The number of hydrogen-bond acceptors (Lipinski definition) is 3. The fourth-order valence-corrected chi connectivity index (χ4v) is 2.61. The number of aryl methyl sites for hydroxylation is 2. The number of carbonyl (C=O) groups is 2. The minimum absolute atomic E-state index is 0.104. The molecule has 2 amide bonds. The maximum absolute atomic E-state index is 13.0. The van der Waals surface area contributed by atoms with Gasteiger partial charge in [0.15, 0.2) is 0 Å². The largest absolute Gasteiger partial charge is 0.366 e. The van der Waals surface area contributed by atoms with E-state index in [1.165, 1.54) is 0 Å². The SMILES string of the molecule is Cc1ccc(C(N)=O)cc1C(=O)N(Cc1cnn(C)c1)CC(C)C. The lowest BCUT2D eigenvalue weighted by atomic mass is 10.0. The Bertz CT molecular complexity index is 749. The highest BCUT2D eigenvalue weighted by atomic mass is 16.2. The molecular weight excluding hydrogens is 304 g/mol. The highest BCUT2D eigenvalue weighted by Crippen LogP contribution is 2.17. The summed E-state index contributed by atoms with van der Waals surface area (Å²) in [7, 11) is 1.85. The molecule has 1 aromatic carbocycles. The van der Waals surface area contributed by atoms with E-state index in [0.29, 0.717) is 30.1 Å². The molecule has 24 heavy (non-hydrogen) atoms. The Morgan fingerprint density at radius 2 is 2.04 bits per heavy atom. The van der Waals surface area contributed by atoms with Gasteiger partial charge < -0.3 is 10.6 Å². The summed E-state index contributed by atoms with van der Waals surface area (Å²) in [6, 6.07) is 4.98. The van der Waals surface area contributed by atoms with Crippen LogP contribution in [0.4, 0.5) is 0 Å². The second-order valence-electron chi connectivity index (χ2n) is 6.50. The van der Waals surface area contributed by atoms with Crippen LogP contribution in [0.2, 0.25) is 0 Å². The number of hydrogen-bond donors (Lipinski definition) is 1. The fourth-order valence-electron chi connectivity index (χ4n) is 2.61. The van der Waals surface area contributed by atoms with Gasteiger partial charge in [-0.05, 0) is 30.5 Å². The van der Waals surface area contributed by atoms with E-state index < -0.39 is 5.91 Å². The summed E-state index contributed by atoms with van der Waals surface area (Å²) in [6.45, 7) is 7.08. The second kappa shape index (κ2) is 7.29. The van der Waals surface area contributed by atoms with E-state index >= 15 is 0 Å². The molecule has 0 atom stereocenters. The number of rotatable bonds is 6. The van der Waals surface area contributed by atoms with Crippen LogP contribution in [0.3, 0.4) is 0 Å². The Kier molecular flexibility index (Phi) is 5.39. The molecule has 0 saturated carbocycles. The van der Waals surface area contributed by atoms with Crippen molar-refractivity contribution in [3.63, 3.8) is 0 Å². The van der Waals surface area contributed by atoms with Crippen molar-refractivity contribution in [1.82, 2.24) is 14.7 Å². The minimum Gasteiger partial charge on any atom is -0.366 e. The molecule has 0 aliphatic carbocycles. The maximum atomic E-state index is 13.0. The van der Waals surface area contributed by atoms with Crippen LogP contribution in [-0.2, 0) is 13.6 Å². The summed E-state index contributed by atoms with van der Waals surface area (Å²) in [5.74, 6) is -0.315. The van der Waals surface area contributed by atoms with Gasteiger partial charge in [-0.15, -0.1) is 0 Å². The van der Waals surface area contributed by atoms with Gasteiger partial charge in [0.2, 0.25) is 5.91 Å². The zero-order valence-corrected chi connectivity index (χ0v) is 14.6. The Balaban J connectivity index is 2.33. The molecular formula is C18H24N4O2. The van der Waals surface area contributed by atoms with Gasteiger partial charge in [0, 0.05) is 43.0 Å². The van der Waals surface area contributed by atoms with Gasteiger partial charge in [-0.3, -0.25) is 14.3 Å². The number of amides is 2. The molecule has 0 aliphatic rings. The van der Waals surface area contributed by atoms with Crippen LogP contribution in [0.15, 0.2) is 30.6 Å². The average Bonchev–Trinajstić information content (AvgIpc) is 2.91. The highest BCUT2D eigenvalue weighted by molar-refractivity contribution is 6.00. The first-order chi connectivity index (χ1) is 11.3. The van der Waals surface area contributed by atoms with Crippen LogP contribution in [-0.4, -0.2) is 33.0 Å². The molecule has 2 rings (SSSR count). The van der Waals surface area contributed by atoms with E-state index in [4.69, 9.17) is 5.73 Å². The van der Waals surface area contributed by atoms with Crippen molar-refractivity contribution in [2.24, 2.45) is 18.7 Å². The molecule has 0 saturated heterocycles. The quantitative estimate of drug-likeness (QED) is 0.882. The number of primary amides is 1. The predicted octanol–water partition coefficient (Wildman–Crippen LogP) is 2.13. The topological polar surface area (TPSA) is 81.2 Å². The van der Waals surface area contributed by atoms with E-state index in [-0.39, 0.29) is 5.91 Å². The maximum Gasteiger partial charge on any atom is 0.254 e. The lowest BCUT2D eigenvalue weighted by Gasteiger charge is -2.25. The van der Waals surface area contributed by atoms with Gasteiger partial charge in [-0.1, -0.05) is 19.9 Å². The van der Waals surface area contributed by atoms with Crippen LogP contribution in [0.25, 0.3) is 0 Å². The van der Waals surface area contributed by atoms with Crippen LogP contribution < -0.4 is 5.73 Å². The molecule has 0 unspecified atom stereocenters. The molecule has 0 bridgehead atoms. The third-order valence-corrected chi connectivity index (χ3v) is 3.76. The smallest absolute Gasteiger partial charge is 0.254 e. The molecule has 6 nitrogen and oxygen atoms in total. The molecule has 0 radical (unpaired) electrons. The van der Waals surface area contributed by atoms with Crippen molar-refractivity contribution < 1.29 is 9.59 Å². The van der Waals surface area contributed by atoms with E-state index in [0.717, 1.165) is 11.1 Å². The summed E-state index contributed by atoms with van der Waals surface area (Å²) >= 11 is 0. The third kappa shape index (κ3) is 4.22. The van der Waals surface area contributed by atoms with Crippen LogP contribution in [0.1, 0.15) is 45.7 Å². The second-order valence-corrected chi connectivity index (χ2v) is 6.50. The first kappa shape index (κ1) is 17.7. The molecule has 0 spiro atoms. The molecule has 0 fully saturated rings. The summed E-state index contributed by atoms with van der Waals surface area (Å²) < 4.78 is 1.71. The van der Waals surface area contributed by atoms with Crippen molar-refractivity contribution in [1.29, 1.82) is 0 Å². The van der Waals surface area contributed by atoms with Crippen molar-refractivity contribution >= 4 is 11.8 Å². The Hall–Kier alpha value is -2.63. The third-order valence-electron chi connectivity index (χ3n) is 3.76. The molecule has 6 heteroatoms. The lowest BCUT2D eigenvalue weighted by molar-refractivity contribution is 0.0722. The standard InChI is InChI=1S/C18H24N4O2/c1-12(2)9-22(11-14-8-20-21(4)10-14)18(24)16-7-15(17(19)23)6-5-13(16)3/h5-8,10,12H,9,11H2,1-4H3,(H2,19,23). The van der Waals surface area contributed by atoms with E-state index in [9.17, 15) is 9.59 Å².